The van der Waals surface area contributed by atoms with E-state index in [-0.39, 0.29) is 33.0 Å². The average molecular weight is 1040 g/mol. The van der Waals surface area contributed by atoms with Gasteiger partial charge in [0.15, 0.2) is 25.2 Å². The molecule has 0 aromatic heterocycles. The summed E-state index contributed by atoms with van der Waals surface area (Å²) in [5.74, 6) is -0.487. The van der Waals surface area contributed by atoms with Gasteiger partial charge in [0.05, 0.1) is 26.4 Å². The van der Waals surface area contributed by atoms with E-state index in [0.717, 1.165) is 0 Å². The molecule has 0 saturated carbocycles. The Morgan fingerprint density at radius 3 is 1.14 bits per heavy atom. The molecule has 0 unspecified atom stereocenters. The predicted molar refractivity (Wildman–Crippen MR) is 242 cm³/mol. The van der Waals surface area contributed by atoms with E-state index < -0.39 is 147 Å². The van der Waals surface area contributed by atoms with Gasteiger partial charge in [-0.25, -0.2) is 0 Å². The minimum Gasteiger partial charge on any atom is -0.463 e. The standard InChI is InChI=1S/C46H82O25/c1-17-24(31(54-8)26(53-7)22-63-23(2)47)64-43-40(60-14)36(56-10)32(27(66-43)19-50-4)70-45-42(62-16)38(58-12)34(29(68-45)21-52-6)71-46-41(61-15)37(57-11)33(28(67-46)20-51-5)69-44-39(59-13)35(55-9)30(48)25(65-44)18-49-3/h17,24-46,48H,1,18-22H2,2-16H3/t24-,25-,26+,27-,28-,29-,30-,31+,32-,33-,34-,35+,36+,37+,38+,39-,40-,41-,42-,43+,44-,45-,46-/m1/s1. The molecule has 4 fully saturated rings. The number of hydrogen-bond donors (Lipinski definition) is 1. The third-order valence-electron chi connectivity index (χ3n) is 13.0. The van der Waals surface area contributed by atoms with Crippen LogP contribution in [0.3, 0.4) is 0 Å². The second-order valence-electron chi connectivity index (χ2n) is 17.0. The lowest BCUT2D eigenvalue weighted by Crippen LogP contribution is -2.68. The molecule has 0 radical (unpaired) electrons. The summed E-state index contributed by atoms with van der Waals surface area (Å²) in [6.07, 6.45) is -19.8. The SMILES string of the molecule is C=C[C@@H](O[C@H]1O[C@H](COC)[C@@H](O[C@H]2O[C@H](COC)[C@@H](O[C@H]3O[C@H](COC)[C@@H](O[C@H]4O[C@H](COC)[C@@H](O)[C@H](OC)[C@H]4OC)[C@H](OC)[C@H]3OC)[C@H](OC)[C@H]2OC)[C@H](OC)[C@H]1OC)[C@H](OC)[C@H](COC(C)=O)OC. The molecule has 416 valence electrons. The summed E-state index contributed by atoms with van der Waals surface area (Å²) in [7, 11) is 20.8. The van der Waals surface area contributed by atoms with Crippen LogP contribution in [0, 0.1) is 0 Å². The van der Waals surface area contributed by atoms with Crippen LogP contribution in [0.25, 0.3) is 0 Å². The van der Waals surface area contributed by atoms with Gasteiger partial charge in [-0.1, -0.05) is 6.08 Å². The monoisotopic (exact) mass is 1030 g/mol. The molecule has 4 heterocycles. The lowest BCUT2D eigenvalue weighted by Gasteiger charge is -2.51. The molecule has 25 heteroatoms. The van der Waals surface area contributed by atoms with Crippen molar-refractivity contribution < 1.29 is 119 Å². The van der Waals surface area contributed by atoms with Crippen LogP contribution in [0.2, 0.25) is 0 Å². The van der Waals surface area contributed by atoms with Gasteiger partial charge in [-0.3, -0.25) is 4.79 Å². The zero-order chi connectivity index (χ0) is 52.4. The van der Waals surface area contributed by atoms with E-state index in [1.54, 1.807) is 0 Å². The molecule has 0 amide bonds. The summed E-state index contributed by atoms with van der Waals surface area (Å²) < 4.78 is 140. The van der Waals surface area contributed by atoms with Gasteiger partial charge < -0.3 is 114 Å². The van der Waals surface area contributed by atoms with E-state index >= 15 is 0 Å². The third kappa shape index (κ3) is 15.0. The van der Waals surface area contributed by atoms with Gasteiger partial charge in [0.1, 0.15) is 123 Å². The minimum absolute atomic E-state index is 0.00473. The Kier molecular flexibility index (Phi) is 27.3. The lowest BCUT2D eigenvalue weighted by atomic mass is 9.95. The summed E-state index contributed by atoms with van der Waals surface area (Å²) in [5.41, 5.74) is 0. The molecule has 0 spiro atoms. The molecule has 4 aliphatic heterocycles. The largest absolute Gasteiger partial charge is 0.463 e. The van der Waals surface area contributed by atoms with Crippen LogP contribution in [0.5, 0.6) is 0 Å². The summed E-state index contributed by atoms with van der Waals surface area (Å²) in [4.78, 5) is 11.7. The molecule has 4 rings (SSSR count). The van der Waals surface area contributed by atoms with Crippen LogP contribution in [0.4, 0.5) is 0 Å². The van der Waals surface area contributed by atoms with Crippen molar-refractivity contribution in [3.05, 3.63) is 12.7 Å². The van der Waals surface area contributed by atoms with E-state index in [4.69, 9.17) is 109 Å². The smallest absolute Gasteiger partial charge is 0.302 e. The van der Waals surface area contributed by atoms with E-state index in [2.05, 4.69) is 6.58 Å². The normalized spacial score (nSPS) is 39.2. The molecular weight excluding hydrogens is 952 g/mol. The molecule has 4 aliphatic rings. The van der Waals surface area contributed by atoms with E-state index in [1.165, 1.54) is 113 Å². The second-order valence-corrected chi connectivity index (χ2v) is 17.0. The van der Waals surface area contributed by atoms with E-state index in [9.17, 15) is 9.90 Å². The van der Waals surface area contributed by atoms with E-state index in [0.29, 0.717) is 0 Å². The molecule has 4 saturated heterocycles. The maximum atomic E-state index is 11.7. The van der Waals surface area contributed by atoms with Crippen LogP contribution < -0.4 is 0 Å². The molecular formula is C46H82O25. The number of rotatable bonds is 31. The Morgan fingerprint density at radius 1 is 0.479 bits per heavy atom. The molecule has 0 aliphatic carbocycles. The molecule has 23 atom stereocenters. The molecule has 0 aromatic rings. The van der Waals surface area contributed by atoms with Crippen molar-refractivity contribution >= 4 is 5.97 Å². The minimum atomic E-state index is -1.16. The van der Waals surface area contributed by atoms with Gasteiger partial charge in [-0.15, -0.1) is 6.58 Å². The lowest BCUT2D eigenvalue weighted by molar-refractivity contribution is -0.395. The first-order valence-electron chi connectivity index (χ1n) is 23.2. The van der Waals surface area contributed by atoms with Crippen molar-refractivity contribution in [3.63, 3.8) is 0 Å². The Morgan fingerprint density at radius 2 is 0.817 bits per heavy atom. The number of ether oxygens (including phenoxy) is 23. The fourth-order valence-corrected chi connectivity index (χ4v) is 9.60. The number of methoxy groups -OCH3 is 14. The van der Waals surface area contributed by atoms with Gasteiger partial charge >= 0.3 is 5.97 Å². The van der Waals surface area contributed by atoms with Crippen molar-refractivity contribution in [2.24, 2.45) is 0 Å². The predicted octanol–water partition coefficient (Wildman–Crippen LogP) is -0.728. The first-order valence-corrected chi connectivity index (χ1v) is 23.2. The highest BCUT2D eigenvalue weighted by atomic mass is 16.8. The highest BCUT2D eigenvalue weighted by Gasteiger charge is 2.58. The van der Waals surface area contributed by atoms with Gasteiger partial charge in [0, 0.05) is 106 Å². The summed E-state index contributed by atoms with van der Waals surface area (Å²) in [5, 5.41) is 11.1. The Hall–Kier alpha value is -1.71. The Bertz CT molecular complexity index is 1490. The maximum absolute atomic E-state index is 11.7. The van der Waals surface area contributed by atoms with Crippen molar-refractivity contribution in [1.29, 1.82) is 0 Å². The van der Waals surface area contributed by atoms with Gasteiger partial charge in [-0.05, 0) is 0 Å². The zero-order valence-electron chi connectivity index (χ0n) is 43.8. The Balaban J connectivity index is 1.62. The molecule has 0 aromatic carbocycles. The fraction of sp³-hybridized carbons (Fsp3) is 0.935. The highest BCUT2D eigenvalue weighted by molar-refractivity contribution is 5.65. The molecule has 0 bridgehead atoms. The summed E-state index contributed by atoms with van der Waals surface area (Å²) >= 11 is 0. The van der Waals surface area contributed by atoms with Crippen LogP contribution in [0.1, 0.15) is 6.92 Å². The number of carbonyl (C=O) groups is 1. The number of aliphatic hydroxyl groups excluding tert-OH is 1. The summed E-state index contributed by atoms with van der Waals surface area (Å²) in [6, 6.07) is 0. The zero-order valence-corrected chi connectivity index (χ0v) is 43.8. The van der Waals surface area contributed by atoms with Crippen molar-refractivity contribution in [2.75, 3.05) is 133 Å². The van der Waals surface area contributed by atoms with Crippen LogP contribution in [-0.2, 0) is 114 Å². The van der Waals surface area contributed by atoms with Crippen LogP contribution in [0.15, 0.2) is 12.7 Å². The average Bonchev–Trinajstić information content (AvgIpc) is 3.36. The molecule has 71 heavy (non-hydrogen) atoms. The number of carbonyl (C=O) groups excluding carboxylic acids is 1. The van der Waals surface area contributed by atoms with Crippen LogP contribution in [-0.4, -0.2) is 285 Å². The number of esters is 1. The van der Waals surface area contributed by atoms with Crippen molar-refractivity contribution in [3.8, 4) is 0 Å². The topological polar surface area (TPSA) is 250 Å². The first kappa shape index (κ1) is 61.8. The Labute approximate surface area is 417 Å². The van der Waals surface area contributed by atoms with E-state index in [1.807, 2.05) is 0 Å². The van der Waals surface area contributed by atoms with Gasteiger partial charge in [0.2, 0.25) is 0 Å². The van der Waals surface area contributed by atoms with Crippen molar-refractivity contribution in [2.45, 2.75) is 148 Å². The quantitative estimate of drug-likeness (QED) is 0.0664. The second kappa shape index (κ2) is 31.4. The summed E-state index contributed by atoms with van der Waals surface area (Å²) in [6.45, 7) is 5.21. The third-order valence-corrected chi connectivity index (χ3v) is 13.0. The molecule has 25 nitrogen and oxygen atoms in total. The highest BCUT2D eigenvalue weighted by Crippen LogP contribution is 2.39. The van der Waals surface area contributed by atoms with Gasteiger partial charge in [0.25, 0.3) is 0 Å². The van der Waals surface area contributed by atoms with Gasteiger partial charge in [-0.2, -0.15) is 0 Å². The molecule has 1 N–H and O–H groups in total. The maximum Gasteiger partial charge on any atom is 0.302 e. The van der Waals surface area contributed by atoms with Crippen molar-refractivity contribution in [1.82, 2.24) is 0 Å². The number of aliphatic hydroxyl groups is 1. The number of hydrogen-bond acceptors (Lipinski definition) is 25. The fourth-order valence-electron chi connectivity index (χ4n) is 9.60. The first-order chi connectivity index (χ1) is 34.3. The van der Waals surface area contributed by atoms with Crippen LogP contribution >= 0.6 is 0 Å².